The number of carbonyl (C=O) groups is 2. The average molecular weight is 611 g/mol. The van der Waals surface area contributed by atoms with Gasteiger partial charge < -0.3 is 29.4 Å². The zero-order valence-electron chi connectivity index (χ0n) is 25.7. The van der Waals surface area contributed by atoms with Gasteiger partial charge in [0.05, 0.1) is 18.3 Å². The van der Waals surface area contributed by atoms with Crippen molar-refractivity contribution in [1.29, 1.82) is 0 Å². The molecule has 0 radical (unpaired) electrons. The first-order valence-corrected chi connectivity index (χ1v) is 14.9. The Morgan fingerprint density at radius 2 is 2.11 bits per heavy atom. The molecule has 0 aliphatic carbocycles. The number of aromatic nitrogens is 5. The standard InChI is InChI=1S/C30H42N8O6/c1-5-11-20-26-27(32-19-31-20)38(25-15-8-9-17-44-25)23(35-26)18-37-16-10-13-22(29(37)41)33-28(40)21(34-30(42)43-4)12-6-7-14-24(39)36(2)3/h7,10,13-14,16,19,21,25,30,34,42H,5-6,8-9,11-12,15,17-18H2,1-4H3,(H,33,40)/b14-7+/t21-,25?,30?/m0/s1. The average Bonchev–Trinajstić information content (AvgIpc) is 3.39. The number of aliphatic hydroxyl groups excluding tert-OH is 1. The molecular weight excluding hydrogens is 568 g/mol. The molecule has 4 heterocycles. The minimum absolute atomic E-state index is 0.0672. The maximum absolute atomic E-state index is 13.6. The molecule has 2 amide bonds. The fraction of sp³-hybridized carbons (Fsp3) is 0.533. The van der Waals surface area contributed by atoms with E-state index < -0.39 is 23.9 Å². The molecule has 2 unspecified atom stereocenters. The molecule has 44 heavy (non-hydrogen) atoms. The van der Waals surface area contributed by atoms with E-state index in [9.17, 15) is 19.5 Å². The van der Waals surface area contributed by atoms with Crippen molar-refractivity contribution < 1.29 is 24.2 Å². The summed E-state index contributed by atoms with van der Waals surface area (Å²) >= 11 is 0. The summed E-state index contributed by atoms with van der Waals surface area (Å²) in [5, 5.41) is 15.4. The summed E-state index contributed by atoms with van der Waals surface area (Å²) in [6, 6.07) is 2.28. The third kappa shape index (κ3) is 8.14. The Morgan fingerprint density at radius 3 is 2.82 bits per heavy atom. The maximum Gasteiger partial charge on any atom is 0.274 e. The van der Waals surface area contributed by atoms with Gasteiger partial charge in [0.25, 0.3) is 5.56 Å². The van der Waals surface area contributed by atoms with Crippen LogP contribution in [0.4, 0.5) is 5.69 Å². The van der Waals surface area contributed by atoms with Crippen LogP contribution < -0.4 is 16.2 Å². The molecule has 238 valence electrons. The van der Waals surface area contributed by atoms with Crippen molar-refractivity contribution in [2.45, 2.75) is 77.1 Å². The summed E-state index contributed by atoms with van der Waals surface area (Å²) < 4.78 is 14.4. The topological polar surface area (TPSA) is 166 Å². The lowest BCUT2D eigenvalue weighted by molar-refractivity contribution is -0.129. The van der Waals surface area contributed by atoms with Crippen molar-refractivity contribution in [3.8, 4) is 0 Å². The first kappa shape index (κ1) is 32.9. The SMILES string of the molecule is CCCc1ncnc2c1nc(Cn1cccc(NC(=O)[C@H](CC/C=C/C(=O)N(C)C)NC(O)OC)c1=O)n2C1CCCCO1. The van der Waals surface area contributed by atoms with E-state index in [1.54, 1.807) is 38.8 Å². The van der Waals surface area contributed by atoms with E-state index in [0.717, 1.165) is 37.8 Å². The number of amides is 2. The van der Waals surface area contributed by atoms with Gasteiger partial charge in [-0.2, -0.15) is 0 Å². The highest BCUT2D eigenvalue weighted by Crippen LogP contribution is 2.29. The van der Waals surface area contributed by atoms with Gasteiger partial charge in [-0.25, -0.2) is 15.0 Å². The number of imidazole rings is 1. The van der Waals surface area contributed by atoms with Gasteiger partial charge in [0.15, 0.2) is 5.65 Å². The summed E-state index contributed by atoms with van der Waals surface area (Å²) in [6.07, 6.45) is 9.63. The molecular formula is C30H42N8O6. The number of pyridine rings is 1. The van der Waals surface area contributed by atoms with Crippen LogP contribution in [0.1, 0.15) is 63.2 Å². The second kappa shape index (κ2) is 15.7. The molecule has 4 rings (SSSR count). The molecule has 0 aromatic carbocycles. The molecule has 0 bridgehead atoms. The molecule has 14 heteroatoms. The monoisotopic (exact) mass is 610 g/mol. The summed E-state index contributed by atoms with van der Waals surface area (Å²) in [6.45, 7) is 2.83. The number of carbonyl (C=O) groups excluding carboxylic acids is 2. The van der Waals surface area contributed by atoms with Gasteiger partial charge >= 0.3 is 0 Å². The third-order valence-corrected chi connectivity index (χ3v) is 7.35. The molecule has 1 aliphatic heterocycles. The lowest BCUT2D eigenvalue weighted by Crippen LogP contribution is -2.47. The van der Waals surface area contributed by atoms with Gasteiger partial charge in [-0.15, -0.1) is 0 Å². The highest BCUT2D eigenvalue weighted by molar-refractivity contribution is 5.94. The van der Waals surface area contributed by atoms with Gasteiger partial charge in [-0.1, -0.05) is 19.4 Å². The molecule has 1 saturated heterocycles. The maximum atomic E-state index is 13.6. The van der Waals surface area contributed by atoms with Crippen LogP contribution in [0.3, 0.4) is 0 Å². The second-order valence-corrected chi connectivity index (χ2v) is 10.8. The second-order valence-electron chi connectivity index (χ2n) is 10.8. The summed E-state index contributed by atoms with van der Waals surface area (Å²) in [5.74, 6) is -0.110. The number of nitrogens with one attached hydrogen (secondary N) is 2. The number of allylic oxidation sites excluding steroid dienone is 1. The van der Waals surface area contributed by atoms with Crippen LogP contribution in [0.2, 0.25) is 0 Å². The smallest absolute Gasteiger partial charge is 0.274 e. The number of methoxy groups -OCH3 is 1. The number of hydrogen-bond donors (Lipinski definition) is 3. The van der Waals surface area contributed by atoms with Gasteiger partial charge in [-0.05, 0) is 56.7 Å². The molecule has 3 N–H and O–H groups in total. The number of likely N-dealkylation sites (N-methyl/N-ethyl adjacent to an activating group) is 1. The van der Waals surface area contributed by atoms with Crippen LogP contribution in [-0.4, -0.2) is 86.2 Å². The predicted octanol–water partition coefficient (Wildman–Crippen LogP) is 1.93. The number of aryl methyl sites for hydroxylation is 1. The largest absolute Gasteiger partial charge is 0.358 e. The van der Waals surface area contributed by atoms with Crippen LogP contribution in [0.25, 0.3) is 11.2 Å². The van der Waals surface area contributed by atoms with Crippen LogP contribution in [0, 0.1) is 0 Å². The predicted molar refractivity (Wildman–Crippen MR) is 164 cm³/mol. The Labute approximate surface area is 256 Å². The molecule has 3 aromatic rings. The number of ether oxygens (including phenoxy) is 2. The van der Waals surface area contributed by atoms with E-state index in [-0.39, 0.29) is 30.8 Å². The highest BCUT2D eigenvalue weighted by Gasteiger charge is 2.26. The molecule has 0 saturated carbocycles. The van der Waals surface area contributed by atoms with Crippen LogP contribution >= 0.6 is 0 Å². The van der Waals surface area contributed by atoms with Crippen LogP contribution in [-0.2, 0) is 32.0 Å². The van der Waals surface area contributed by atoms with Crippen LogP contribution in [0.5, 0.6) is 0 Å². The number of aliphatic hydroxyl groups is 1. The van der Waals surface area contributed by atoms with E-state index in [1.807, 2.05) is 4.57 Å². The minimum atomic E-state index is -1.40. The van der Waals surface area contributed by atoms with Crippen molar-refractivity contribution >= 4 is 28.7 Å². The van der Waals surface area contributed by atoms with E-state index >= 15 is 0 Å². The molecule has 14 nitrogen and oxygen atoms in total. The van der Waals surface area contributed by atoms with Gasteiger partial charge in [-0.3, -0.25) is 24.3 Å². The van der Waals surface area contributed by atoms with Crippen molar-refractivity contribution in [2.75, 3.05) is 33.1 Å². The summed E-state index contributed by atoms with van der Waals surface area (Å²) in [7, 11) is 4.58. The highest BCUT2D eigenvalue weighted by atomic mass is 16.6. The van der Waals surface area contributed by atoms with E-state index in [0.29, 0.717) is 30.0 Å². The first-order chi connectivity index (χ1) is 21.2. The fourth-order valence-corrected chi connectivity index (χ4v) is 5.02. The summed E-state index contributed by atoms with van der Waals surface area (Å²) in [4.78, 5) is 54.0. The van der Waals surface area contributed by atoms with E-state index in [2.05, 4.69) is 27.5 Å². The Kier molecular flexibility index (Phi) is 11.7. The molecule has 1 fully saturated rings. The molecule has 3 atom stereocenters. The Morgan fingerprint density at radius 1 is 1.30 bits per heavy atom. The Balaban J connectivity index is 1.58. The number of anilines is 1. The molecule has 0 spiro atoms. The Bertz CT molecular complexity index is 1510. The molecule has 1 aliphatic rings. The lowest BCUT2D eigenvalue weighted by atomic mass is 10.1. The zero-order chi connectivity index (χ0) is 31.6. The zero-order valence-corrected chi connectivity index (χ0v) is 25.7. The van der Waals surface area contributed by atoms with E-state index in [1.165, 1.54) is 28.7 Å². The number of nitrogens with zero attached hydrogens (tertiary/aromatic N) is 6. The van der Waals surface area contributed by atoms with Crippen molar-refractivity contribution in [3.05, 3.63) is 58.7 Å². The normalized spacial score (nSPS) is 16.7. The molecule has 3 aromatic heterocycles. The van der Waals surface area contributed by atoms with E-state index in [4.69, 9.17) is 14.5 Å². The fourth-order valence-electron chi connectivity index (χ4n) is 5.02. The number of rotatable bonds is 14. The van der Waals surface area contributed by atoms with Crippen LogP contribution in [0.15, 0.2) is 41.6 Å². The van der Waals surface area contributed by atoms with Gasteiger partial charge in [0.2, 0.25) is 18.2 Å². The van der Waals surface area contributed by atoms with Crippen molar-refractivity contribution in [2.24, 2.45) is 0 Å². The summed E-state index contributed by atoms with van der Waals surface area (Å²) in [5.41, 5.74) is 1.86. The Hall–Kier alpha value is -3.98. The van der Waals surface area contributed by atoms with Crippen molar-refractivity contribution in [1.82, 2.24) is 34.3 Å². The lowest BCUT2D eigenvalue weighted by Gasteiger charge is -2.25. The number of hydrogen-bond acceptors (Lipinski definition) is 10. The number of fused-ring (bicyclic) bond motifs is 1. The van der Waals surface area contributed by atoms with Gasteiger partial charge in [0, 0.05) is 34.0 Å². The van der Waals surface area contributed by atoms with Crippen molar-refractivity contribution in [3.63, 3.8) is 0 Å². The minimum Gasteiger partial charge on any atom is -0.358 e. The first-order valence-electron chi connectivity index (χ1n) is 14.9. The third-order valence-electron chi connectivity index (χ3n) is 7.35. The van der Waals surface area contributed by atoms with Gasteiger partial charge in [0.1, 0.15) is 29.6 Å². The quantitative estimate of drug-likeness (QED) is 0.181.